The van der Waals surface area contributed by atoms with Crippen LogP contribution >= 0.6 is 0 Å². The van der Waals surface area contributed by atoms with E-state index in [1.54, 1.807) is 0 Å². The number of benzene rings is 2. The normalized spacial score (nSPS) is 7.69. The number of hydrogen-bond acceptors (Lipinski definition) is 2. The van der Waals surface area contributed by atoms with Gasteiger partial charge in [0, 0.05) is 33.6 Å². The first-order valence-corrected chi connectivity index (χ1v) is 8.38. The molecule has 4 rings (SSSR count). The monoisotopic (exact) mass is 466 g/mol. The van der Waals surface area contributed by atoms with Crippen LogP contribution in [0.4, 0.5) is 0 Å². The molecule has 0 heterocycles. The van der Waals surface area contributed by atoms with E-state index in [0.29, 0.717) is 0 Å². The van der Waals surface area contributed by atoms with Crippen LogP contribution in [0.2, 0.25) is 0 Å². The van der Waals surface area contributed by atoms with Crippen LogP contribution in [0.25, 0.3) is 0 Å². The van der Waals surface area contributed by atoms with Crippen molar-refractivity contribution in [2.75, 3.05) is 0 Å². The predicted molar refractivity (Wildman–Crippen MR) is 108 cm³/mol. The summed E-state index contributed by atoms with van der Waals surface area (Å²) in [5.74, 6) is 0. The molecule has 2 radical (unpaired) electrons. The molecule has 0 aliphatic heterocycles. The van der Waals surface area contributed by atoms with E-state index in [9.17, 15) is 0 Å². The maximum atomic E-state index is 4.81. The second-order valence-corrected chi connectivity index (χ2v) is 5.49. The molecule has 142 valence electrons. The van der Waals surface area contributed by atoms with Crippen molar-refractivity contribution < 1.29 is 33.6 Å². The average molecular weight is 466 g/mol. The maximum absolute atomic E-state index is 4.81. The predicted octanol–water partition coefficient (Wildman–Crippen LogP) is 5.99. The largest absolute Gasteiger partial charge is 0.780 e. The molecule has 4 aromatic rings. The van der Waals surface area contributed by atoms with Crippen LogP contribution < -0.4 is 0 Å². The Labute approximate surface area is 189 Å². The zero-order valence-electron chi connectivity index (χ0n) is 14.0. The van der Waals surface area contributed by atoms with Gasteiger partial charge in [-0.25, -0.2) is 24.3 Å². The summed E-state index contributed by atoms with van der Waals surface area (Å²) in [6.45, 7) is 0. The fourth-order valence-corrected chi connectivity index (χ4v) is 1.80. The minimum Gasteiger partial charge on any atom is -0.780 e. The van der Waals surface area contributed by atoms with Crippen LogP contribution in [0.3, 0.4) is 0 Å². The van der Waals surface area contributed by atoms with Gasteiger partial charge in [0.2, 0.25) is 0 Å². The Bertz CT molecular complexity index is 581. The third kappa shape index (κ3) is 17.4. The van der Waals surface area contributed by atoms with Gasteiger partial charge in [-0.15, -0.1) is 0 Å². The molecule has 0 nitrogen and oxygen atoms in total. The third-order valence-corrected chi connectivity index (χ3v) is 3.14. The quantitative estimate of drug-likeness (QED) is 0.231. The summed E-state index contributed by atoms with van der Waals surface area (Å²) in [4.78, 5) is 1.81. The maximum Gasteiger partial charge on any atom is 0 e. The molecule has 0 aromatic heterocycles. The minimum atomic E-state index is 0. The molecule has 0 spiro atoms. The van der Waals surface area contributed by atoms with Crippen LogP contribution in [-0.2, 0) is 58.8 Å². The second-order valence-electron chi connectivity index (χ2n) is 4.55. The summed E-state index contributed by atoms with van der Waals surface area (Å²) in [6, 6.07) is 39.2. The van der Waals surface area contributed by atoms with E-state index in [0.717, 1.165) is 9.79 Å². The van der Waals surface area contributed by atoms with E-state index in [2.05, 4.69) is 0 Å². The molecule has 0 fully saturated rings. The SMILES string of the molecule is [Co].[Co].[S-]c1ccccc1.[S-]c1ccccc1.c1cc[cH-]c1.c1cc[cH-]c1. The van der Waals surface area contributed by atoms with Crippen LogP contribution in [-0.4, -0.2) is 0 Å². The van der Waals surface area contributed by atoms with Crippen molar-refractivity contribution in [1.29, 1.82) is 0 Å². The third-order valence-electron chi connectivity index (χ3n) is 2.60. The van der Waals surface area contributed by atoms with E-state index in [-0.39, 0.29) is 33.6 Å². The molecular formula is C22H20Co2S2-4. The molecule has 0 unspecified atom stereocenters. The van der Waals surface area contributed by atoms with E-state index in [1.807, 2.05) is 121 Å². The molecule has 0 aliphatic rings. The van der Waals surface area contributed by atoms with Crippen molar-refractivity contribution in [2.24, 2.45) is 0 Å². The Morgan fingerprint density at radius 2 is 0.692 bits per heavy atom. The Morgan fingerprint density at radius 3 is 0.808 bits per heavy atom. The first kappa shape index (κ1) is 26.8. The molecule has 0 N–H and O–H groups in total. The van der Waals surface area contributed by atoms with Crippen LogP contribution in [0.1, 0.15) is 0 Å². The molecular weight excluding hydrogens is 446 g/mol. The molecule has 0 saturated heterocycles. The molecule has 0 aliphatic carbocycles. The topological polar surface area (TPSA) is 0 Å². The summed E-state index contributed by atoms with van der Waals surface area (Å²) < 4.78 is 0. The van der Waals surface area contributed by atoms with Gasteiger partial charge in [0.1, 0.15) is 0 Å². The van der Waals surface area contributed by atoms with Crippen molar-refractivity contribution in [3.05, 3.63) is 121 Å². The van der Waals surface area contributed by atoms with Gasteiger partial charge >= 0.3 is 0 Å². The summed E-state index contributed by atoms with van der Waals surface area (Å²) in [5, 5.41) is 0. The van der Waals surface area contributed by atoms with Crippen molar-refractivity contribution in [3.8, 4) is 0 Å². The Kier molecular flexibility index (Phi) is 20.5. The average Bonchev–Trinajstić information content (AvgIpc) is 3.36. The fourth-order valence-electron chi connectivity index (χ4n) is 1.48. The smallest absolute Gasteiger partial charge is 0 e. The molecule has 0 amide bonds. The van der Waals surface area contributed by atoms with Gasteiger partial charge in [0.05, 0.1) is 0 Å². The molecule has 0 bridgehead atoms. The Hall–Kier alpha value is -1.41. The molecule has 4 aromatic carbocycles. The van der Waals surface area contributed by atoms with Crippen LogP contribution in [0.15, 0.2) is 131 Å². The molecule has 26 heavy (non-hydrogen) atoms. The fraction of sp³-hybridized carbons (Fsp3) is 0. The Balaban J connectivity index is 0. The van der Waals surface area contributed by atoms with Gasteiger partial charge in [-0.1, -0.05) is 60.7 Å². The molecule has 0 atom stereocenters. The number of hydrogen-bond donors (Lipinski definition) is 0. The first-order chi connectivity index (χ1) is 11.8. The van der Waals surface area contributed by atoms with Gasteiger partial charge in [-0.05, 0) is 0 Å². The summed E-state index contributed by atoms with van der Waals surface area (Å²) in [7, 11) is 0. The van der Waals surface area contributed by atoms with Gasteiger partial charge in [-0.3, -0.25) is 0 Å². The molecule has 4 heteroatoms. The summed E-state index contributed by atoms with van der Waals surface area (Å²) >= 11 is 9.62. The standard InChI is InChI=1S/2C6H6S.2C5H5.2Co/c2*7-6-4-2-1-3-5-6;2*1-2-4-5-3-1;;/h2*1-5,7H;2*1-5H;;/q;;2*-1;;/p-2. The minimum absolute atomic E-state index is 0. The van der Waals surface area contributed by atoms with Crippen molar-refractivity contribution in [2.45, 2.75) is 9.79 Å². The van der Waals surface area contributed by atoms with Gasteiger partial charge in [0.15, 0.2) is 0 Å². The summed E-state index contributed by atoms with van der Waals surface area (Å²) in [5.41, 5.74) is 0. The number of rotatable bonds is 0. The van der Waals surface area contributed by atoms with E-state index < -0.39 is 0 Å². The zero-order chi connectivity index (χ0) is 17.3. The van der Waals surface area contributed by atoms with Gasteiger partial charge < -0.3 is 25.3 Å². The van der Waals surface area contributed by atoms with Gasteiger partial charge in [-0.2, -0.15) is 46.2 Å². The van der Waals surface area contributed by atoms with Gasteiger partial charge in [0.25, 0.3) is 0 Å². The second kappa shape index (κ2) is 19.9. The van der Waals surface area contributed by atoms with E-state index in [4.69, 9.17) is 25.3 Å². The van der Waals surface area contributed by atoms with E-state index in [1.165, 1.54) is 0 Å². The Morgan fingerprint density at radius 1 is 0.423 bits per heavy atom. The summed E-state index contributed by atoms with van der Waals surface area (Å²) in [6.07, 6.45) is 0. The van der Waals surface area contributed by atoms with E-state index >= 15 is 0 Å². The van der Waals surface area contributed by atoms with Crippen molar-refractivity contribution >= 4 is 25.3 Å². The van der Waals surface area contributed by atoms with Crippen LogP contribution in [0, 0.1) is 0 Å². The zero-order valence-corrected chi connectivity index (χ0v) is 17.7. The van der Waals surface area contributed by atoms with Crippen LogP contribution in [0.5, 0.6) is 0 Å². The molecule has 0 saturated carbocycles. The first-order valence-electron chi connectivity index (χ1n) is 7.56. The van der Waals surface area contributed by atoms with Crippen molar-refractivity contribution in [1.82, 2.24) is 0 Å². The van der Waals surface area contributed by atoms with Crippen molar-refractivity contribution in [3.63, 3.8) is 0 Å².